The molecule has 0 bridgehead atoms. The molecule has 0 unspecified atom stereocenters. The first kappa shape index (κ1) is 8.78. The zero-order chi connectivity index (χ0) is 8.60. The fourth-order valence-electron chi connectivity index (χ4n) is 2.13. The number of halogens is 1. The van der Waals surface area contributed by atoms with Gasteiger partial charge in [-0.3, -0.25) is 4.79 Å². The molecule has 0 radical (unpaired) electrons. The highest BCUT2D eigenvalue weighted by atomic mass is 127. The summed E-state index contributed by atoms with van der Waals surface area (Å²) in [5.41, 5.74) is 0.249. The van der Waals surface area contributed by atoms with Gasteiger partial charge in [-0.1, -0.05) is 22.6 Å². The van der Waals surface area contributed by atoms with Crippen LogP contribution in [-0.4, -0.2) is 15.9 Å². The van der Waals surface area contributed by atoms with Crippen LogP contribution in [0.5, 0.6) is 0 Å². The van der Waals surface area contributed by atoms with Gasteiger partial charge in [-0.15, -0.1) is 0 Å². The summed E-state index contributed by atoms with van der Waals surface area (Å²) in [6.07, 6.45) is 6.05. The van der Waals surface area contributed by atoms with Crippen LogP contribution in [0.25, 0.3) is 0 Å². The van der Waals surface area contributed by atoms with Crippen molar-refractivity contribution in [1.82, 2.24) is 5.32 Å². The topological polar surface area (TPSA) is 29.1 Å². The van der Waals surface area contributed by atoms with Gasteiger partial charge >= 0.3 is 0 Å². The summed E-state index contributed by atoms with van der Waals surface area (Å²) in [6, 6.07) is 0. The smallest absolute Gasteiger partial charge is 0.224 e. The number of carbonyl (C=O) groups excluding carboxylic acids is 1. The quantitative estimate of drug-likeness (QED) is 0.576. The zero-order valence-corrected chi connectivity index (χ0v) is 9.26. The summed E-state index contributed by atoms with van der Waals surface area (Å²) in [5, 5.41) is 3.19. The predicted octanol–water partition coefficient (Wildman–Crippen LogP) is 1.87. The summed E-state index contributed by atoms with van der Waals surface area (Å²) in [7, 11) is 0. The maximum Gasteiger partial charge on any atom is 0.224 e. The Morgan fingerprint density at radius 3 is 2.67 bits per heavy atom. The third kappa shape index (κ3) is 1.36. The van der Waals surface area contributed by atoms with Gasteiger partial charge in [0.1, 0.15) is 0 Å². The van der Waals surface area contributed by atoms with E-state index in [2.05, 4.69) is 27.9 Å². The number of alkyl halides is 1. The van der Waals surface area contributed by atoms with Gasteiger partial charge in [0.15, 0.2) is 0 Å². The van der Waals surface area contributed by atoms with Crippen molar-refractivity contribution < 1.29 is 4.79 Å². The molecule has 1 atom stereocenters. The second-order valence-electron chi connectivity index (χ2n) is 4.01. The summed E-state index contributed by atoms with van der Waals surface area (Å²) in [6.45, 7) is 0. The van der Waals surface area contributed by atoms with E-state index in [0.717, 1.165) is 10.8 Å². The highest BCUT2D eigenvalue weighted by Crippen LogP contribution is 2.39. The van der Waals surface area contributed by atoms with E-state index in [1.165, 1.54) is 25.7 Å². The van der Waals surface area contributed by atoms with Crippen molar-refractivity contribution in [3.8, 4) is 0 Å². The van der Waals surface area contributed by atoms with Crippen LogP contribution < -0.4 is 5.32 Å². The molecule has 1 N–H and O–H groups in total. The molecule has 2 rings (SSSR count). The van der Waals surface area contributed by atoms with Gasteiger partial charge in [0.2, 0.25) is 5.91 Å². The van der Waals surface area contributed by atoms with Crippen LogP contribution in [0.3, 0.4) is 0 Å². The van der Waals surface area contributed by atoms with Gasteiger partial charge in [0.25, 0.3) is 0 Å². The molecule has 0 aromatic rings. The predicted molar refractivity (Wildman–Crippen MR) is 56.3 cm³/mol. The molecule has 1 saturated heterocycles. The molecule has 2 fully saturated rings. The molecule has 1 aliphatic heterocycles. The van der Waals surface area contributed by atoms with Crippen molar-refractivity contribution in [3.63, 3.8) is 0 Å². The number of hydrogen-bond acceptors (Lipinski definition) is 1. The average Bonchev–Trinajstić information content (AvgIpc) is 2.01. The molecular formula is C9H14INO. The molecule has 12 heavy (non-hydrogen) atoms. The molecule has 1 amide bonds. The molecule has 0 aromatic heterocycles. The van der Waals surface area contributed by atoms with Crippen LogP contribution >= 0.6 is 22.6 Å². The lowest BCUT2D eigenvalue weighted by molar-refractivity contribution is -0.130. The minimum atomic E-state index is 0.249. The highest BCUT2D eigenvalue weighted by Gasteiger charge is 2.42. The lowest BCUT2D eigenvalue weighted by atomic mass is 9.70. The third-order valence-electron chi connectivity index (χ3n) is 3.23. The van der Waals surface area contributed by atoms with Crippen molar-refractivity contribution in [2.75, 3.05) is 4.43 Å². The average molecular weight is 279 g/mol. The van der Waals surface area contributed by atoms with Crippen molar-refractivity contribution >= 4 is 28.5 Å². The van der Waals surface area contributed by atoms with Gasteiger partial charge < -0.3 is 5.32 Å². The number of carbonyl (C=O) groups is 1. The molecule has 2 nitrogen and oxygen atoms in total. The van der Waals surface area contributed by atoms with E-state index in [-0.39, 0.29) is 11.5 Å². The van der Waals surface area contributed by atoms with E-state index in [0.29, 0.717) is 5.91 Å². The van der Waals surface area contributed by atoms with Crippen LogP contribution in [0.4, 0.5) is 0 Å². The summed E-state index contributed by atoms with van der Waals surface area (Å²) >= 11 is 2.30. The molecule has 1 aliphatic carbocycles. The zero-order valence-electron chi connectivity index (χ0n) is 7.11. The van der Waals surface area contributed by atoms with Crippen molar-refractivity contribution in [1.29, 1.82) is 0 Å². The maximum atomic E-state index is 11.5. The van der Waals surface area contributed by atoms with Gasteiger partial charge in [0, 0.05) is 15.9 Å². The molecule has 1 spiro atoms. The number of piperidine rings is 1. The summed E-state index contributed by atoms with van der Waals surface area (Å²) in [4.78, 5) is 11.5. The molecule has 3 heteroatoms. The number of rotatable bonds is 1. The monoisotopic (exact) mass is 279 g/mol. The van der Waals surface area contributed by atoms with E-state index < -0.39 is 0 Å². The Labute approximate surface area is 86.6 Å². The molecule has 1 heterocycles. The van der Waals surface area contributed by atoms with Gasteiger partial charge in [-0.25, -0.2) is 0 Å². The Morgan fingerprint density at radius 2 is 2.25 bits per heavy atom. The Balaban J connectivity index is 1.98. The van der Waals surface area contributed by atoms with Crippen LogP contribution in [0.15, 0.2) is 0 Å². The van der Waals surface area contributed by atoms with Crippen LogP contribution in [-0.2, 0) is 4.79 Å². The Bertz CT molecular complexity index is 201. The number of amides is 1. The van der Waals surface area contributed by atoms with E-state index in [4.69, 9.17) is 0 Å². The Hall–Kier alpha value is 0.200. The second kappa shape index (κ2) is 3.16. The lowest BCUT2D eigenvalue weighted by Gasteiger charge is -2.47. The van der Waals surface area contributed by atoms with Crippen LogP contribution in [0.1, 0.15) is 32.1 Å². The van der Waals surface area contributed by atoms with Gasteiger partial charge in [-0.2, -0.15) is 0 Å². The van der Waals surface area contributed by atoms with Crippen LogP contribution in [0, 0.1) is 5.92 Å². The largest absolute Gasteiger partial charge is 0.350 e. The van der Waals surface area contributed by atoms with Crippen molar-refractivity contribution in [3.05, 3.63) is 0 Å². The first-order valence-corrected chi connectivity index (χ1v) is 6.16. The summed E-state index contributed by atoms with van der Waals surface area (Å²) < 4.78 is 0.972. The minimum absolute atomic E-state index is 0.249. The summed E-state index contributed by atoms with van der Waals surface area (Å²) in [5.74, 6) is 0.590. The van der Waals surface area contributed by atoms with Crippen molar-refractivity contribution in [2.24, 2.45) is 5.92 Å². The minimum Gasteiger partial charge on any atom is -0.350 e. The molecule has 1 saturated carbocycles. The Kier molecular flexibility index (Phi) is 2.31. The van der Waals surface area contributed by atoms with Gasteiger partial charge in [0.05, 0.1) is 0 Å². The third-order valence-corrected chi connectivity index (χ3v) is 4.29. The molecule has 0 aromatic carbocycles. The fourth-order valence-corrected chi connectivity index (χ4v) is 2.97. The number of nitrogens with one attached hydrogen (secondary N) is 1. The van der Waals surface area contributed by atoms with E-state index >= 15 is 0 Å². The van der Waals surface area contributed by atoms with E-state index in [1.54, 1.807) is 0 Å². The molecule has 2 aliphatic rings. The van der Waals surface area contributed by atoms with Crippen molar-refractivity contribution in [2.45, 2.75) is 37.6 Å². The fraction of sp³-hybridized carbons (Fsp3) is 0.889. The number of hydrogen-bond donors (Lipinski definition) is 1. The second-order valence-corrected chi connectivity index (χ2v) is 4.89. The standard InChI is InChI=1S/C9H14INO/c10-6-7-2-5-9(3-1-4-9)11-8(7)12/h7H,1-6H2,(H,11,12)/t7-/m0/s1. The Morgan fingerprint density at radius 1 is 1.50 bits per heavy atom. The molecule has 68 valence electrons. The first-order chi connectivity index (χ1) is 5.76. The first-order valence-electron chi connectivity index (χ1n) is 4.64. The maximum absolute atomic E-state index is 11.5. The van der Waals surface area contributed by atoms with Crippen LogP contribution in [0.2, 0.25) is 0 Å². The van der Waals surface area contributed by atoms with E-state index in [9.17, 15) is 4.79 Å². The SMILES string of the molecule is O=C1NC2(CCC2)CC[C@H]1CI. The van der Waals surface area contributed by atoms with E-state index in [1.807, 2.05) is 0 Å². The lowest BCUT2D eigenvalue weighted by Crippen LogP contribution is -2.58. The highest BCUT2D eigenvalue weighted by molar-refractivity contribution is 14.1. The molecular weight excluding hydrogens is 265 g/mol. The normalized spacial score (nSPS) is 32.8. The van der Waals surface area contributed by atoms with Gasteiger partial charge in [-0.05, 0) is 32.1 Å².